The SMILES string of the molecule is CNC(C)CCc1ccc(OCC2CCOC2)cc1. The monoisotopic (exact) mass is 263 g/mol. The van der Waals surface area contributed by atoms with E-state index in [2.05, 4.69) is 36.5 Å². The Morgan fingerprint density at radius 1 is 1.37 bits per heavy atom. The first kappa shape index (κ1) is 14.4. The first-order valence-electron chi connectivity index (χ1n) is 7.24. The summed E-state index contributed by atoms with van der Waals surface area (Å²) in [6.45, 7) is 4.72. The van der Waals surface area contributed by atoms with E-state index in [-0.39, 0.29) is 0 Å². The minimum atomic E-state index is 0.566. The molecule has 3 nitrogen and oxygen atoms in total. The smallest absolute Gasteiger partial charge is 0.119 e. The maximum atomic E-state index is 5.80. The molecule has 2 atom stereocenters. The highest BCUT2D eigenvalue weighted by atomic mass is 16.5. The van der Waals surface area contributed by atoms with Crippen molar-refractivity contribution < 1.29 is 9.47 Å². The molecule has 19 heavy (non-hydrogen) atoms. The average Bonchev–Trinajstić information content (AvgIpc) is 2.97. The van der Waals surface area contributed by atoms with Crippen molar-refractivity contribution in [2.24, 2.45) is 5.92 Å². The molecule has 3 heteroatoms. The Balaban J connectivity index is 1.74. The number of nitrogens with one attached hydrogen (secondary N) is 1. The van der Waals surface area contributed by atoms with Crippen LogP contribution in [0.1, 0.15) is 25.3 Å². The summed E-state index contributed by atoms with van der Waals surface area (Å²) in [5.41, 5.74) is 1.37. The Hall–Kier alpha value is -1.06. The van der Waals surface area contributed by atoms with Gasteiger partial charge in [-0.3, -0.25) is 0 Å². The highest BCUT2D eigenvalue weighted by molar-refractivity contribution is 5.27. The molecule has 2 rings (SSSR count). The molecule has 1 aliphatic rings. The third kappa shape index (κ3) is 4.84. The van der Waals surface area contributed by atoms with Gasteiger partial charge in [0, 0.05) is 18.6 Å². The first-order valence-corrected chi connectivity index (χ1v) is 7.24. The molecule has 1 aromatic rings. The molecular formula is C16H25NO2. The minimum absolute atomic E-state index is 0.566. The lowest BCUT2D eigenvalue weighted by Gasteiger charge is -2.12. The van der Waals surface area contributed by atoms with Gasteiger partial charge in [-0.25, -0.2) is 0 Å². The summed E-state index contributed by atoms with van der Waals surface area (Å²) in [6.07, 6.45) is 3.40. The second kappa shape index (κ2) is 7.51. The molecule has 1 saturated heterocycles. The molecule has 1 N–H and O–H groups in total. The molecule has 2 unspecified atom stereocenters. The normalized spacial score (nSPS) is 20.4. The van der Waals surface area contributed by atoms with Gasteiger partial charge in [0.1, 0.15) is 5.75 Å². The molecule has 0 bridgehead atoms. The van der Waals surface area contributed by atoms with Gasteiger partial charge in [-0.1, -0.05) is 12.1 Å². The van der Waals surface area contributed by atoms with Crippen LogP contribution in [0.2, 0.25) is 0 Å². The number of hydrogen-bond acceptors (Lipinski definition) is 3. The third-order valence-electron chi connectivity index (χ3n) is 3.79. The van der Waals surface area contributed by atoms with Crippen LogP contribution < -0.4 is 10.1 Å². The second-order valence-electron chi connectivity index (χ2n) is 5.41. The highest BCUT2D eigenvalue weighted by Crippen LogP contribution is 2.17. The summed E-state index contributed by atoms with van der Waals surface area (Å²) in [5.74, 6) is 1.54. The molecule has 0 spiro atoms. The number of aryl methyl sites for hydroxylation is 1. The largest absolute Gasteiger partial charge is 0.493 e. The van der Waals surface area contributed by atoms with Crippen molar-refractivity contribution in [1.29, 1.82) is 0 Å². The zero-order valence-electron chi connectivity index (χ0n) is 12.0. The van der Waals surface area contributed by atoms with Gasteiger partial charge in [0.15, 0.2) is 0 Å². The van der Waals surface area contributed by atoms with Gasteiger partial charge >= 0.3 is 0 Å². The summed E-state index contributed by atoms with van der Waals surface area (Å²) in [5, 5.41) is 3.26. The fourth-order valence-corrected chi connectivity index (χ4v) is 2.21. The van der Waals surface area contributed by atoms with Gasteiger partial charge < -0.3 is 14.8 Å². The quantitative estimate of drug-likeness (QED) is 0.820. The van der Waals surface area contributed by atoms with E-state index in [1.807, 2.05) is 7.05 Å². The Labute approximate surface area is 116 Å². The Morgan fingerprint density at radius 3 is 2.79 bits per heavy atom. The van der Waals surface area contributed by atoms with Crippen LogP contribution in [-0.2, 0) is 11.2 Å². The lowest BCUT2D eigenvalue weighted by Crippen LogP contribution is -2.21. The molecule has 0 radical (unpaired) electrons. The number of rotatable bonds is 7. The third-order valence-corrected chi connectivity index (χ3v) is 3.79. The van der Waals surface area contributed by atoms with Gasteiger partial charge in [-0.15, -0.1) is 0 Å². The average molecular weight is 263 g/mol. The van der Waals surface area contributed by atoms with Crippen LogP contribution in [-0.4, -0.2) is 32.9 Å². The van der Waals surface area contributed by atoms with E-state index in [0.717, 1.165) is 44.8 Å². The molecule has 0 amide bonds. The van der Waals surface area contributed by atoms with Crippen LogP contribution in [0.15, 0.2) is 24.3 Å². The van der Waals surface area contributed by atoms with Crippen molar-refractivity contribution in [3.8, 4) is 5.75 Å². The van der Waals surface area contributed by atoms with Crippen LogP contribution in [0.25, 0.3) is 0 Å². The van der Waals surface area contributed by atoms with Gasteiger partial charge in [-0.2, -0.15) is 0 Å². The minimum Gasteiger partial charge on any atom is -0.493 e. The molecule has 0 aliphatic carbocycles. The molecule has 1 heterocycles. The van der Waals surface area contributed by atoms with Crippen LogP contribution in [0, 0.1) is 5.92 Å². The lowest BCUT2D eigenvalue weighted by atomic mass is 10.1. The molecule has 0 saturated carbocycles. The van der Waals surface area contributed by atoms with Crippen molar-refractivity contribution in [3.63, 3.8) is 0 Å². The second-order valence-corrected chi connectivity index (χ2v) is 5.41. The van der Waals surface area contributed by atoms with E-state index < -0.39 is 0 Å². The van der Waals surface area contributed by atoms with Crippen molar-refractivity contribution in [2.45, 2.75) is 32.2 Å². The van der Waals surface area contributed by atoms with Gasteiger partial charge in [0.25, 0.3) is 0 Å². The van der Waals surface area contributed by atoms with E-state index in [1.54, 1.807) is 0 Å². The maximum absolute atomic E-state index is 5.80. The lowest BCUT2D eigenvalue weighted by molar-refractivity contribution is 0.167. The van der Waals surface area contributed by atoms with E-state index in [4.69, 9.17) is 9.47 Å². The molecule has 0 aromatic heterocycles. The standard InChI is InChI=1S/C16H25NO2/c1-13(17-2)3-4-14-5-7-16(8-6-14)19-12-15-9-10-18-11-15/h5-8,13,15,17H,3-4,9-12H2,1-2H3. The molecular weight excluding hydrogens is 238 g/mol. The number of ether oxygens (including phenoxy) is 2. The van der Waals surface area contributed by atoms with Gasteiger partial charge in [-0.05, 0) is 50.9 Å². The first-order chi connectivity index (χ1) is 9.28. The Bertz CT molecular complexity index is 358. The maximum Gasteiger partial charge on any atom is 0.119 e. The summed E-state index contributed by atoms with van der Waals surface area (Å²) >= 11 is 0. The van der Waals surface area contributed by atoms with Crippen LogP contribution in [0.3, 0.4) is 0 Å². The van der Waals surface area contributed by atoms with Crippen molar-refractivity contribution in [2.75, 3.05) is 26.9 Å². The summed E-state index contributed by atoms with van der Waals surface area (Å²) in [4.78, 5) is 0. The predicted octanol–water partition coefficient (Wildman–Crippen LogP) is 2.64. The van der Waals surface area contributed by atoms with Crippen LogP contribution in [0.4, 0.5) is 0 Å². The number of benzene rings is 1. The Morgan fingerprint density at radius 2 is 2.16 bits per heavy atom. The zero-order valence-corrected chi connectivity index (χ0v) is 12.0. The zero-order chi connectivity index (χ0) is 13.5. The van der Waals surface area contributed by atoms with E-state index in [0.29, 0.717) is 12.0 Å². The van der Waals surface area contributed by atoms with Crippen LogP contribution in [0.5, 0.6) is 5.75 Å². The van der Waals surface area contributed by atoms with Gasteiger partial charge in [0.05, 0.1) is 13.2 Å². The summed E-state index contributed by atoms with van der Waals surface area (Å²) < 4.78 is 11.1. The molecule has 106 valence electrons. The van der Waals surface area contributed by atoms with Crippen LogP contribution >= 0.6 is 0 Å². The van der Waals surface area contributed by atoms with Gasteiger partial charge in [0.2, 0.25) is 0 Å². The highest BCUT2D eigenvalue weighted by Gasteiger charge is 2.15. The molecule has 1 aromatic carbocycles. The molecule has 1 aliphatic heterocycles. The number of hydrogen-bond donors (Lipinski definition) is 1. The van der Waals surface area contributed by atoms with Crippen molar-refractivity contribution in [1.82, 2.24) is 5.32 Å². The van der Waals surface area contributed by atoms with E-state index in [1.165, 1.54) is 5.56 Å². The van der Waals surface area contributed by atoms with Crippen molar-refractivity contribution >= 4 is 0 Å². The van der Waals surface area contributed by atoms with E-state index in [9.17, 15) is 0 Å². The fraction of sp³-hybridized carbons (Fsp3) is 0.625. The van der Waals surface area contributed by atoms with Crippen molar-refractivity contribution in [3.05, 3.63) is 29.8 Å². The predicted molar refractivity (Wildman–Crippen MR) is 77.7 cm³/mol. The summed E-state index contributed by atoms with van der Waals surface area (Å²) in [6, 6.07) is 9.06. The fourth-order valence-electron chi connectivity index (χ4n) is 2.21. The molecule has 1 fully saturated rings. The Kier molecular flexibility index (Phi) is 5.67. The summed E-state index contributed by atoms with van der Waals surface area (Å²) in [7, 11) is 2.01. The topological polar surface area (TPSA) is 30.5 Å². The van der Waals surface area contributed by atoms with E-state index >= 15 is 0 Å².